The van der Waals surface area contributed by atoms with Crippen LogP contribution in [0.3, 0.4) is 0 Å². The normalized spacial score (nSPS) is 14.3. The minimum absolute atomic E-state index is 0.271. The van der Waals surface area contributed by atoms with E-state index >= 15 is 0 Å². The van der Waals surface area contributed by atoms with E-state index in [9.17, 15) is 4.79 Å². The smallest absolute Gasteiger partial charge is 0.414 e. The largest absolute Gasteiger partial charge is 0.447 e. The molecule has 1 aliphatic heterocycles. The van der Waals surface area contributed by atoms with Crippen LogP contribution in [0.15, 0.2) is 42.6 Å². The lowest BCUT2D eigenvalue weighted by Gasteiger charge is -2.15. The summed E-state index contributed by atoms with van der Waals surface area (Å²) in [6.45, 7) is 4.92. The standard InChI is InChI=1S/C16H19N3O2/c1-2-18-8-4-7-15(18)12-17-13-5-3-6-14(11-13)19-9-10-21-16(19)20/h3-8,11,17H,2,9-10,12H2,1H3. The van der Waals surface area contributed by atoms with Crippen molar-refractivity contribution in [1.82, 2.24) is 4.57 Å². The van der Waals surface area contributed by atoms with E-state index in [2.05, 4.69) is 35.1 Å². The van der Waals surface area contributed by atoms with Crippen molar-refractivity contribution in [3.05, 3.63) is 48.3 Å². The molecule has 0 bridgehead atoms. The van der Waals surface area contributed by atoms with Gasteiger partial charge in [-0.05, 0) is 37.3 Å². The third-order valence-electron chi connectivity index (χ3n) is 3.66. The van der Waals surface area contributed by atoms with Gasteiger partial charge in [-0.25, -0.2) is 4.79 Å². The van der Waals surface area contributed by atoms with E-state index in [0.29, 0.717) is 13.2 Å². The first kappa shape index (κ1) is 13.5. The highest BCUT2D eigenvalue weighted by Crippen LogP contribution is 2.22. The summed E-state index contributed by atoms with van der Waals surface area (Å²) >= 11 is 0. The number of nitrogens with one attached hydrogen (secondary N) is 1. The maximum atomic E-state index is 11.6. The molecule has 0 unspecified atom stereocenters. The molecule has 1 amide bonds. The second-order valence-electron chi connectivity index (χ2n) is 4.96. The first-order valence-corrected chi connectivity index (χ1v) is 7.20. The third-order valence-corrected chi connectivity index (χ3v) is 3.66. The van der Waals surface area contributed by atoms with Crippen LogP contribution in [-0.2, 0) is 17.8 Å². The van der Waals surface area contributed by atoms with Gasteiger partial charge in [-0.1, -0.05) is 6.07 Å². The zero-order chi connectivity index (χ0) is 14.7. The van der Waals surface area contributed by atoms with Crippen LogP contribution in [0.2, 0.25) is 0 Å². The molecule has 3 rings (SSSR count). The molecule has 0 atom stereocenters. The number of carbonyl (C=O) groups is 1. The molecule has 2 aromatic rings. The van der Waals surface area contributed by atoms with E-state index in [0.717, 1.165) is 24.5 Å². The summed E-state index contributed by atoms with van der Waals surface area (Å²) in [5.41, 5.74) is 3.10. The van der Waals surface area contributed by atoms with Gasteiger partial charge in [0.25, 0.3) is 0 Å². The highest BCUT2D eigenvalue weighted by Gasteiger charge is 2.23. The average molecular weight is 285 g/mol. The van der Waals surface area contributed by atoms with Crippen LogP contribution >= 0.6 is 0 Å². The van der Waals surface area contributed by atoms with Crippen LogP contribution in [0.5, 0.6) is 0 Å². The number of benzene rings is 1. The highest BCUT2D eigenvalue weighted by molar-refractivity contribution is 5.89. The topological polar surface area (TPSA) is 46.5 Å². The predicted octanol–water partition coefficient (Wildman–Crippen LogP) is 3.08. The number of carbonyl (C=O) groups excluding carboxylic acids is 1. The van der Waals surface area contributed by atoms with Crippen molar-refractivity contribution in [2.75, 3.05) is 23.4 Å². The van der Waals surface area contributed by atoms with E-state index < -0.39 is 0 Å². The second-order valence-corrected chi connectivity index (χ2v) is 4.96. The van der Waals surface area contributed by atoms with Crippen molar-refractivity contribution in [3.8, 4) is 0 Å². The monoisotopic (exact) mass is 285 g/mol. The lowest BCUT2D eigenvalue weighted by molar-refractivity contribution is 0.181. The first-order chi connectivity index (χ1) is 10.3. The Kier molecular flexibility index (Phi) is 3.81. The van der Waals surface area contributed by atoms with Gasteiger partial charge >= 0.3 is 6.09 Å². The van der Waals surface area contributed by atoms with E-state index in [1.807, 2.05) is 24.3 Å². The van der Waals surface area contributed by atoms with Crippen LogP contribution in [0.1, 0.15) is 12.6 Å². The molecule has 21 heavy (non-hydrogen) atoms. The third kappa shape index (κ3) is 2.86. The number of nitrogens with zero attached hydrogens (tertiary/aromatic N) is 2. The molecule has 0 spiro atoms. The van der Waals surface area contributed by atoms with Crippen molar-refractivity contribution in [2.45, 2.75) is 20.0 Å². The summed E-state index contributed by atoms with van der Waals surface area (Å²) in [4.78, 5) is 13.2. The number of aryl methyl sites for hydroxylation is 1. The molecule has 0 aliphatic carbocycles. The van der Waals surface area contributed by atoms with E-state index in [1.165, 1.54) is 5.69 Å². The number of hydrogen-bond donors (Lipinski definition) is 1. The van der Waals surface area contributed by atoms with Gasteiger partial charge in [0.1, 0.15) is 6.61 Å². The molecule has 1 fully saturated rings. The lowest BCUT2D eigenvalue weighted by Crippen LogP contribution is -2.23. The average Bonchev–Trinajstić information content (AvgIpc) is 3.13. The van der Waals surface area contributed by atoms with E-state index in [-0.39, 0.29) is 6.09 Å². The number of anilines is 2. The lowest BCUT2D eigenvalue weighted by atomic mass is 10.2. The number of hydrogen-bond acceptors (Lipinski definition) is 3. The molecule has 1 saturated heterocycles. The summed E-state index contributed by atoms with van der Waals surface area (Å²) in [5, 5.41) is 3.40. The van der Waals surface area contributed by atoms with Gasteiger partial charge in [0.05, 0.1) is 13.1 Å². The van der Waals surface area contributed by atoms with Gasteiger partial charge in [-0.15, -0.1) is 0 Å². The Balaban J connectivity index is 1.70. The fraction of sp³-hybridized carbons (Fsp3) is 0.312. The van der Waals surface area contributed by atoms with Crippen LogP contribution < -0.4 is 10.2 Å². The summed E-state index contributed by atoms with van der Waals surface area (Å²) < 4.78 is 7.18. The minimum atomic E-state index is -0.271. The van der Waals surface area contributed by atoms with Crippen LogP contribution in [0.25, 0.3) is 0 Å². The molecule has 1 aromatic heterocycles. The summed E-state index contributed by atoms with van der Waals surface area (Å²) in [5.74, 6) is 0. The molecule has 1 N–H and O–H groups in total. The highest BCUT2D eigenvalue weighted by atomic mass is 16.6. The zero-order valence-electron chi connectivity index (χ0n) is 12.1. The van der Waals surface area contributed by atoms with Gasteiger partial charge in [0.2, 0.25) is 0 Å². The Morgan fingerprint density at radius 3 is 2.95 bits per heavy atom. The Bertz CT molecular complexity index is 636. The van der Waals surface area contributed by atoms with Crippen LogP contribution in [0.4, 0.5) is 16.2 Å². The van der Waals surface area contributed by atoms with Gasteiger partial charge < -0.3 is 14.6 Å². The number of aromatic nitrogens is 1. The predicted molar refractivity (Wildman–Crippen MR) is 82.6 cm³/mol. The van der Waals surface area contributed by atoms with Crippen molar-refractivity contribution in [3.63, 3.8) is 0 Å². The van der Waals surface area contributed by atoms with Crippen molar-refractivity contribution < 1.29 is 9.53 Å². The SMILES string of the molecule is CCn1cccc1CNc1cccc(N2CCOC2=O)c1. The Hall–Kier alpha value is -2.43. The first-order valence-electron chi connectivity index (χ1n) is 7.20. The maximum absolute atomic E-state index is 11.6. The zero-order valence-corrected chi connectivity index (χ0v) is 12.1. The van der Waals surface area contributed by atoms with Gasteiger partial charge in [0.15, 0.2) is 0 Å². The minimum Gasteiger partial charge on any atom is -0.447 e. The second kappa shape index (κ2) is 5.91. The molecule has 5 heteroatoms. The van der Waals surface area contributed by atoms with Crippen molar-refractivity contribution in [1.29, 1.82) is 0 Å². The van der Waals surface area contributed by atoms with Crippen molar-refractivity contribution >= 4 is 17.5 Å². The number of cyclic esters (lactones) is 1. The summed E-state index contributed by atoms with van der Waals surface area (Å²) in [7, 11) is 0. The molecule has 110 valence electrons. The van der Waals surface area contributed by atoms with Gasteiger partial charge in [0, 0.05) is 29.8 Å². The molecule has 1 aliphatic rings. The van der Waals surface area contributed by atoms with Crippen LogP contribution in [-0.4, -0.2) is 23.8 Å². The molecule has 0 saturated carbocycles. The number of rotatable bonds is 5. The van der Waals surface area contributed by atoms with Crippen molar-refractivity contribution in [2.24, 2.45) is 0 Å². The Labute approximate surface area is 124 Å². The number of amides is 1. The Morgan fingerprint density at radius 2 is 2.19 bits per heavy atom. The fourth-order valence-electron chi connectivity index (χ4n) is 2.52. The summed E-state index contributed by atoms with van der Waals surface area (Å²) in [6.07, 6.45) is 1.81. The molecule has 5 nitrogen and oxygen atoms in total. The van der Waals surface area contributed by atoms with Gasteiger partial charge in [-0.3, -0.25) is 4.90 Å². The summed E-state index contributed by atoms with van der Waals surface area (Å²) in [6, 6.07) is 12.0. The molecule has 2 heterocycles. The molecular weight excluding hydrogens is 266 g/mol. The van der Waals surface area contributed by atoms with E-state index in [1.54, 1.807) is 4.90 Å². The fourth-order valence-corrected chi connectivity index (χ4v) is 2.52. The number of ether oxygens (including phenoxy) is 1. The van der Waals surface area contributed by atoms with Crippen LogP contribution in [0, 0.1) is 0 Å². The molecule has 1 aromatic carbocycles. The Morgan fingerprint density at radius 1 is 1.29 bits per heavy atom. The van der Waals surface area contributed by atoms with E-state index in [4.69, 9.17) is 4.74 Å². The quantitative estimate of drug-likeness (QED) is 0.918. The molecular formula is C16H19N3O2. The molecule has 0 radical (unpaired) electrons. The van der Waals surface area contributed by atoms with Gasteiger partial charge in [-0.2, -0.15) is 0 Å². The maximum Gasteiger partial charge on any atom is 0.414 e.